The van der Waals surface area contributed by atoms with Crippen molar-refractivity contribution in [2.75, 3.05) is 6.61 Å². The van der Waals surface area contributed by atoms with Gasteiger partial charge in [-0.3, -0.25) is 0 Å². The zero-order chi connectivity index (χ0) is 14.2. The first-order valence-corrected chi connectivity index (χ1v) is 7.87. The average Bonchev–Trinajstić information content (AvgIpc) is 3.07. The quantitative estimate of drug-likeness (QED) is 0.920. The number of nitrogens with two attached hydrogens (primary N) is 1. The lowest BCUT2D eigenvalue weighted by atomic mass is 9.76. The van der Waals surface area contributed by atoms with Gasteiger partial charge in [-0.15, -0.1) is 0 Å². The van der Waals surface area contributed by atoms with Gasteiger partial charge in [-0.2, -0.15) is 4.98 Å². The van der Waals surface area contributed by atoms with E-state index in [1.54, 1.807) is 0 Å². The molecule has 0 spiro atoms. The summed E-state index contributed by atoms with van der Waals surface area (Å²) in [5.74, 6) is 2.29. The summed E-state index contributed by atoms with van der Waals surface area (Å²) < 4.78 is 11.2. The van der Waals surface area contributed by atoms with E-state index in [9.17, 15) is 0 Å². The van der Waals surface area contributed by atoms with Crippen LogP contribution in [0.4, 0.5) is 0 Å². The normalized spacial score (nSPS) is 38.2. The van der Waals surface area contributed by atoms with Gasteiger partial charge in [-0.25, -0.2) is 0 Å². The van der Waals surface area contributed by atoms with E-state index in [-0.39, 0.29) is 12.0 Å². The molecule has 2 aliphatic rings. The monoisotopic (exact) mass is 279 g/mol. The van der Waals surface area contributed by atoms with Gasteiger partial charge in [0.15, 0.2) is 5.82 Å². The molecule has 112 valence electrons. The first-order valence-electron chi connectivity index (χ1n) is 7.87. The lowest BCUT2D eigenvalue weighted by Gasteiger charge is -2.33. The summed E-state index contributed by atoms with van der Waals surface area (Å²) in [6.45, 7) is 5.17. The molecular formula is C15H25N3O2. The van der Waals surface area contributed by atoms with Crippen LogP contribution >= 0.6 is 0 Å². The molecule has 1 aromatic heterocycles. The van der Waals surface area contributed by atoms with Gasteiger partial charge in [-0.05, 0) is 31.6 Å². The molecule has 3 rings (SSSR count). The predicted molar refractivity (Wildman–Crippen MR) is 75.2 cm³/mol. The van der Waals surface area contributed by atoms with Gasteiger partial charge in [0.25, 0.3) is 0 Å². The second-order valence-corrected chi connectivity index (χ2v) is 6.53. The van der Waals surface area contributed by atoms with Crippen molar-refractivity contribution in [1.29, 1.82) is 0 Å². The van der Waals surface area contributed by atoms with E-state index < -0.39 is 5.54 Å². The number of nitrogens with zero attached hydrogens (tertiary/aromatic N) is 2. The van der Waals surface area contributed by atoms with Crippen LogP contribution in [0.25, 0.3) is 0 Å². The van der Waals surface area contributed by atoms with E-state index in [0.29, 0.717) is 17.6 Å². The van der Waals surface area contributed by atoms with Gasteiger partial charge in [0.05, 0.1) is 17.6 Å². The maximum absolute atomic E-state index is 6.53. The molecule has 0 amide bonds. The molecule has 1 saturated heterocycles. The van der Waals surface area contributed by atoms with E-state index in [4.69, 9.17) is 15.0 Å². The lowest BCUT2D eigenvalue weighted by molar-refractivity contribution is 0.0953. The number of rotatable bonds is 3. The Morgan fingerprint density at radius 1 is 1.40 bits per heavy atom. The molecule has 1 saturated carbocycles. The fourth-order valence-corrected chi connectivity index (χ4v) is 3.72. The van der Waals surface area contributed by atoms with Crippen molar-refractivity contribution in [2.45, 2.75) is 69.9 Å². The molecule has 5 nitrogen and oxygen atoms in total. The van der Waals surface area contributed by atoms with Crippen molar-refractivity contribution in [3.8, 4) is 0 Å². The van der Waals surface area contributed by atoms with Crippen LogP contribution in [0.3, 0.4) is 0 Å². The molecule has 2 fully saturated rings. The minimum absolute atomic E-state index is 0.210. The highest BCUT2D eigenvalue weighted by atomic mass is 16.5. The van der Waals surface area contributed by atoms with Crippen LogP contribution in [-0.4, -0.2) is 22.9 Å². The summed E-state index contributed by atoms with van der Waals surface area (Å²) in [6, 6.07) is 0. The van der Waals surface area contributed by atoms with Crippen molar-refractivity contribution in [1.82, 2.24) is 10.1 Å². The zero-order valence-corrected chi connectivity index (χ0v) is 12.5. The van der Waals surface area contributed by atoms with Crippen molar-refractivity contribution in [3.63, 3.8) is 0 Å². The molecule has 1 aliphatic carbocycles. The third-order valence-corrected chi connectivity index (χ3v) is 4.85. The van der Waals surface area contributed by atoms with Crippen LogP contribution in [0.5, 0.6) is 0 Å². The minimum atomic E-state index is -0.402. The fraction of sp³-hybridized carbons (Fsp3) is 0.867. The summed E-state index contributed by atoms with van der Waals surface area (Å²) in [4.78, 5) is 4.64. The Bertz CT molecular complexity index is 462. The van der Waals surface area contributed by atoms with Crippen molar-refractivity contribution >= 4 is 0 Å². The molecule has 4 atom stereocenters. The van der Waals surface area contributed by atoms with E-state index >= 15 is 0 Å². The first kappa shape index (κ1) is 14.0. The Morgan fingerprint density at radius 3 is 3.00 bits per heavy atom. The van der Waals surface area contributed by atoms with E-state index in [1.807, 2.05) is 0 Å². The van der Waals surface area contributed by atoms with Gasteiger partial charge < -0.3 is 15.0 Å². The number of hydrogen-bond donors (Lipinski definition) is 1. The molecule has 0 bridgehead atoms. The second kappa shape index (κ2) is 5.45. The highest BCUT2D eigenvalue weighted by Gasteiger charge is 2.39. The van der Waals surface area contributed by atoms with Gasteiger partial charge in [0.1, 0.15) is 0 Å². The van der Waals surface area contributed by atoms with E-state index in [1.165, 1.54) is 6.42 Å². The lowest BCUT2D eigenvalue weighted by Crippen LogP contribution is -2.42. The summed E-state index contributed by atoms with van der Waals surface area (Å²) >= 11 is 0. The zero-order valence-electron chi connectivity index (χ0n) is 12.5. The smallest absolute Gasteiger partial charge is 0.232 e. The van der Waals surface area contributed by atoms with Crippen LogP contribution in [0.1, 0.15) is 70.0 Å². The Labute approximate surface area is 120 Å². The summed E-state index contributed by atoms with van der Waals surface area (Å²) in [7, 11) is 0. The molecule has 0 radical (unpaired) electrons. The maximum Gasteiger partial charge on any atom is 0.232 e. The van der Waals surface area contributed by atoms with Crippen LogP contribution in [0.15, 0.2) is 4.52 Å². The molecule has 5 heteroatoms. The van der Waals surface area contributed by atoms with Gasteiger partial charge in [-0.1, -0.05) is 31.8 Å². The average molecular weight is 279 g/mol. The van der Waals surface area contributed by atoms with Crippen LogP contribution < -0.4 is 5.73 Å². The summed E-state index contributed by atoms with van der Waals surface area (Å²) in [5.41, 5.74) is 6.13. The molecule has 4 unspecified atom stereocenters. The highest BCUT2D eigenvalue weighted by Crippen LogP contribution is 2.38. The van der Waals surface area contributed by atoms with E-state index in [0.717, 1.165) is 38.7 Å². The maximum atomic E-state index is 6.53. The standard InChI is InChI=1S/C15H25N3O2/c1-3-12-11(6-8-19-12)13-17-14(18-20-13)15(16)7-4-5-10(2)9-15/h10-12H,3-9,16H2,1-2H3. The third kappa shape index (κ3) is 2.49. The number of ether oxygens (including phenoxy) is 1. The van der Waals surface area contributed by atoms with Gasteiger partial charge >= 0.3 is 0 Å². The molecule has 20 heavy (non-hydrogen) atoms. The molecule has 2 N–H and O–H groups in total. The first-order chi connectivity index (χ1) is 9.62. The molecular weight excluding hydrogens is 254 g/mol. The van der Waals surface area contributed by atoms with Crippen molar-refractivity contribution < 1.29 is 9.26 Å². The Balaban J connectivity index is 1.79. The van der Waals surface area contributed by atoms with E-state index in [2.05, 4.69) is 24.0 Å². The largest absolute Gasteiger partial charge is 0.377 e. The Hall–Kier alpha value is -0.940. The fourth-order valence-electron chi connectivity index (χ4n) is 3.72. The Morgan fingerprint density at radius 2 is 2.25 bits per heavy atom. The third-order valence-electron chi connectivity index (χ3n) is 4.85. The molecule has 1 aromatic rings. The predicted octanol–water partition coefficient (Wildman–Crippen LogP) is 2.72. The molecule has 2 heterocycles. The van der Waals surface area contributed by atoms with Crippen molar-refractivity contribution in [2.24, 2.45) is 11.7 Å². The van der Waals surface area contributed by atoms with Gasteiger partial charge in [0, 0.05) is 6.61 Å². The van der Waals surface area contributed by atoms with Gasteiger partial charge in [0.2, 0.25) is 5.89 Å². The van der Waals surface area contributed by atoms with Crippen LogP contribution in [-0.2, 0) is 10.3 Å². The minimum Gasteiger partial charge on any atom is -0.377 e. The number of aromatic nitrogens is 2. The van der Waals surface area contributed by atoms with Crippen LogP contribution in [0.2, 0.25) is 0 Å². The Kier molecular flexibility index (Phi) is 3.82. The topological polar surface area (TPSA) is 74.2 Å². The van der Waals surface area contributed by atoms with Crippen LogP contribution in [0, 0.1) is 5.92 Å². The molecule has 1 aliphatic heterocycles. The highest BCUT2D eigenvalue weighted by molar-refractivity contribution is 5.09. The summed E-state index contributed by atoms with van der Waals surface area (Å²) in [5, 5.41) is 4.19. The van der Waals surface area contributed by atoms with Crippen molar-refractivity contribution in [3.05, 3.63) is 11.7 Å². The number of hydrogen-bond acceptors (Lipinski definition) is 5. The summed E-state index contributed by atoms with van der Waals surface area (Å²) in [6.07, 6.45) is 6.45. The SMILES string of the molecule is CCC1OCCC1c1nc(C2(N)CCCC(C)C2)no1. The second-order valence-electron chi connectivity index (χ2n) is 6.53. The molecule has 0 aromatic carbocycles.